The summed E-state index contributed by atoms with van der Waals surface area (Å²) in [6.07, 6.45) is 3.90. The summed E-state index contributed by atoms with van der Waals surface area (Å²) in [5.41, 5.74) is 4.27. The zero-order valence-electron chi connectivity index (χ0n) is 18.6. The summed E-state index contributed by atoms with van der Waals surface area (Å²) in [5.74, 6) is 0.780. The van der Waals surface area contributed by atoms with Gasteiger partial charge in [-0.05, 0) is 43.7 Å². The van der Waals surface area contributed by atoms with Crippen molar-refractivity contribution in [3.05, 3.63) is 64.1 Å². The standard InChI is InChI=1S/C25H29N5O3/c31-24(19-16-18-6-1-2-9-22(18)33-17-19)26-10-3-4-11-29-12-14-30(15-13-29)21-8-5-7-20-23(21)28-25(32)27-20/h1-2,5-9,16H,3-4,10-15,17H2,(H,26,31)(H2,27,28,32). The molecule has 2 aromatic carbocycles. The lowest BCUT2D eigenvalue weighted by Gasteiger charge is -2.36. The van der Waals surface area contributed by atoms with Gasteiger partial charge in [0.2, 0.25) is 0 Å². The van der Waals surface area contributed by atoms with Crippen molar-refractivity contribution in [2.45, 2.75) is 12.8 Å². The Morgan fingerprint density at radius 3 is 2.73 bits per heavy atom. The van der Waals surface area contributed by atoms with E-state index in [0.29, 0.717) is 18.7 Å². The molecule has 1 amide bonds. The Hall–Kier alpha value is -3.52. The molecule has 0 atom stereocenters. The van der Waals surface area contributed by atoms with E-state index in [2.05, 4.69) is 31.2 Å². The van der Waals surface area contributed by atoms with E-state index in [1.807, 2.05) is 42.5 Å². The lowest BCUT2D eigenvalue weighted by molar-refractivity contribution is -0.117. The molecule has 2 aliphatic heterocycles. The van der Waals surface area contributed by atoms with Crippen LogP contribution in [0.1, 0.15) is 18.4 Å². The van der Waals surface area contributed by atoms with Gasteiger partial charge in [0.05, 0.1) is 22.3 Å². The van der Waals surface area contributed by atoms with E-state index in [9.17, 15) is 9.59 Å². The van der Waals surface area contributed by atoms with E-state index >= 15 is 0 Å². The molecule has 1 aromatic heterocycles. The summed E-state index contributed by atoms with van der Waals surface area (Å²) in [6.45, 7) is 5.84. The van der Waals surface area contributed by atoms with Crippen molar-refractivity contribution in [2.24, 2.45) is 0 Å². The molecule has 3 N–H and O–H groups in total. The third-order valence-corrected chi connectivity index (χ3v) is 6.35. The molecule has 1 saturated heterocycles. The molecule has 0 saturated carbocycles. The van der Waals surface area contributed by atoms with Crippen LogP contribution in [0.5, 0.6) is 5.75 Å². The predicted octanol–water partition coefficient (Wildman–Crippen LogP) is 2.35. The summed E-state index contributed by atoms with van der Waals surface area (Å²) >= 11 is 0. The van der Waals surface area contributed by atoms with Crippen molar-refractivity contribution in [3.8, 4) is 5.75 Å². The third kappa shape index (κ3) is 4.80. The number of hydrogen-bond acceptors (Lipinski definition) is 5. The second-order valence-corrected chi connectivity index (χ2v) is 8.57. The summed E-state index contributed by atoms with van der Waals surface area (Å²) in [5, 5.41) is 3.02. The summed E-state index contributed by atoms with van der Waals surface area (Å²) < 4.78 is 5.67. The maximum atomic E-state index is 12.4. The van der Waals surface area contributed by atoms with Crippen molar-refractivity contribution in [3.63, 3.8) is 0 Å². The molecule has 33 heavy (non-hydrogen) atoms. The van der Waals surface area contributed by atoms with Gasteiger partial charge in [0.15, 0.2) is 0 Å². The van der Waals surface area contributed by atoms with Gasteiger partial charge in [-0.25, -0.2) is 4.79 Å². The van der Waals surface area contributed by atoms with Crippen LogP contribution in [0.25, 0.3) is 17.1 Å². The van der Waals surface area contributed by atoms with Crippen molar-refractivity contribution in [1.82, 2.24) is 20.2 Å². The summed E-state index contributed by atoms with van der Waals surface area (Å²) in [4.78, 5) is 34.6. The average Bonchev–Trinajstić information content (AvgIpc) is 3.24. The number of piperazine rings is 1. The second-order valence-electron chi connectivity index (χ2n) is 8.57. The summed E-state index contributed by atoms with van der Waals surface area (Å²) in [7, 11) is 0. The molecule has 8 nitrogen and oxygen atoms in total. The molecular weight excluding hydrogens is 418 g/mol. The first-order valence-electron chi connectivity index (χ1n) is 11.6. The zero-order chi connectivity index (χ0) is 22.6. The molecule has 0 unspecified atom stereocenters. The van der Waals surface area contributed by atoms with Gasteiger partial charge >= 0.3 is 5.69 Å². The molecule has 3 aromatic rings. The van der Waals surface area contributed by atoms with Crippen LogP contribution in [0.3, 0.4) is 0 Å². The summed E-state index contributed by atoms with van der Waals surface area (Å²) in [6, 6.07) is 13.7. The molecule has 1 fully saturated rings. The number of unbranched alkanes of at least 4 members (excludes halogenated alkanes) is 1. The SMILES string of the molecule is O=C(NCCCCN1CCN(c2cccc3[nH]c(=O)[nH]c23)CC1)C1=Cc2ccccc2OC1. The van der Waals surface area contributed by atoms with E-state index in [4.69, 9.17) is 4.74 Å². The van der Waals surface area contributed by atoms with Gasteiger partial charge in [-0.2, -0.15) is 0 Å². The minimum absolute atomic E-state index is 0.0462. The van der Waals surface area contributed by atoms with E-state index < -0.39 is 0 Å². The van der Waals surface area contributed by atoms with Crippen LogP contribution in [0.4, 0.5) is 5.69 Å². The molecule has 0 spiro atoms. The molecule has 8 heteroatoms. The van der Waals surface area contributed by atoms with E-state index in [1.54, 1.807) is 0 Å². The number of nitrogens with one attached hydrogen (secondary N) is 3. The number of imidazole rings is 1. The topological polar surface area (TPSA) is 93.5 Å². The monoisotopic (exact) mass is 447 g/mol. The van der Waals surface area contributed by atoms with E-state index in [-0.39, 0.29) is 11.6 Å². The molecule has 172 valence electrons. The van der Waals surface area contributed by atoms with Crippen LogP contribution in [0, 0.1) is 0 Å². The number of rotatable bonds is 7. The number of H-pyrrole nitrogens is 2. The molecule has 5 rings (SSSR count). The van der Waals surface area contributed by atoms with Crippen molar-refractivity contribution < 1.29 is 9.53 Å². The highest BCUT2D eigenvalue weighted by Gasteiger charge is 2.20. The van der Waals surface area contributed by atoms with Crippen molar-refractivity contribution in [2.75, 3.05) is 50.8 Å². The highest BCUT2D eigenvalue weighted by molar-refractivity contribution is 5.99. The first kappa shape index (κ1) is 21.3. The fourth-order valence-electron chi connectivity index (χ4n) is 4.54. The normalized spacial score (nSPS) is 16.2. The Morgan fingerprint density at radius 1 is 1.00 bits per heavy atom. The molecule has 2 aliphatic rings. The molecule has 3 heterocycles. The van der Waals surface area contributed by atoms with Gasteiger partial charge in [-0.15, -0.1) is 0 Å². The Balaban J connectivity index is 1.03. The number of nitrogens with zero attached hydrogens (tertiary/aromatic N) is 2. The lowest BCUT2D eigenvalue weighted by Crippen LogP contribution is -2.46. The van der Waals surface area contributed by atoms with Crippen LogP contribution >= 0.6 is 0 Å². The smallest absolute Gasteiger partial charge is 0.323 e. The lowest BCUT2D eigenvalue weighted by atomic mass is 10.1. The van der Waals surface area contributed by atoms with Crippen LogP contribution in [0.2, 0.25) is 0 Å². The number of anilines is 1. The third-order valence-electron chi connectivity index (χ3n) is 6.35. The van der Waals surface area contributed by atoms with Gasteiger partial charge in [0.1, 0.15) is 12.4 Å². The van der Waals surface area contributed by atoms with Crippen LogP contribution in [-0.4, -0.2) is 66.7 Å². The second kappa shape index (κ2) is 9.54. The Bertz CT molecular complexity index is 1220. The maximum absolute atomic E-state index is 12.4. The van der Waals surface area contributed by atoms with Crippen LogP contribution < -0.4 is 20.6 Å². The maximum Gasteiger partial charge on any atom is 0.323 e. The number of para-hydroxylation sites is 2. The number of ether oxygens (including phenoxy) is 1. The number of fused-ring (bicyclic) bond motifs is 2. The minimum Gasteiger partial charge on any atom is -0.488 e. The predicted molar refractivity (Wildman–Crippen MR) is 130 cm³/mol. The van der Waals surface area contributed by atoms with Crippen molar-refractivity contribution in [1.29, 1.82) is 0 Å². The van der Waals surface area contributed by atoms with Gasteiger partial charge in [0, 0.05) is 38.3 Å². The van der Waals surface area contributed by atoms with Crippen LogP contribution in [0.15, 0.2) is 52.8 Å². The number of aromatic nitrogens is 2. The number of carbonyl (C=O) groups is 1. The van der Waals surface area contributed by atoms with Gasteiger partial charge in [0.25, 0.3) is 5.91 Å². The van der Waals surface area contributed by atoms with Gasteiger partial charge < -0.3 is 24.9 Å². The van der Waals surface area contributed by atoms with Gasteiger partial charge in [-0.3, -0.25) is 9.69 Å². The van der Waals surface area contributed by atoms with E-state index in [0.717, 1.165) is 73.6 Å². The van der Waals surface area contributed by atoms with Crippen LogP contribution in [-0.2, 0) is 4.79 Å². The van der Waals surface area contributed by atoms with E-state index in [1.165, 1.54) is 0 Å². The number of hydrogen-bond donors (Lipinski definition) is 3. The van der Waals surface area contributed by atoms with Gasteiger partial charge in [-0.1, -0.05) is 24.3 Å². The Kier molecular flexibility index (Phi) is 6.17. The molecule has 0 aliphatic carbocycles. The Labute approximate surface area is 192 Å². The number of benzene rings is 2. The average molecular weight is 448 g/mol. The first-order valence-corrected chi connectivity index (χ1v) is 11.6. The fourth-order valence-corrected chi connectivity index (χ4v) is 4.54. The molecular formula is C25H29N5O3. The molecule has 0 bridgehead atoms. The highest BCUT2D eigenvalue weighted by Crippen LogP contribution is 2.26. The number of amides is 1. The molecule has 0 radical (unpaired) electrons. The quantitative estimate of drug-likeness (QED) is 0.484. The fraction of sp³-hybridized carbons (Fsp3) is 0.360. The largest absolute Gasteiger partial charge is 0.488 e. The van der Waals surface area contributed by atoms with Crippen molar-refractivity contribution >= 4 is 28.7 Å². The number of aromatic amines is 2. The number of carbonyl (C=O) groups excluding carboxylic acids is 1. The minimum atomic E-state index is -0.166. The zero-order valence-corrected chi connectivity index (χ0v) is 18.6. The Morgan fingerprint density at radius 2 is 1.85 bits per heavy atom. The first-order chi connectivity index (χ1) is 16.2. The highest BCUT2D eigenvalue weighted by atomic mass is 16.5.